The Bertz CT molecular complexity index is 1190. The van der Waals surface area contributed by atoms with Gasteiger partial charge in [0.1, 0.15) is 29.0 Å². The number of hydrogen-bond acceptors (Lipinski definition) is 6. The highest BCUT2D eigenvalue weighted by Gasteiger charge is 2.19. The number of anilines is 3. The third-order valence-electron chi connectivity index (χ3n) is 5.08. The second kappa shape index (κ2) is 7.13. The molecule has 2 N–H and O–H groups in total. The Labute approximate surface area is 171 Å². The van der Waals surface area contributed by atoms with Crippen molar-refractivity contribution >= 4 is 45.6 Å². The molecular weight excluding hydrogens is 393 g/mol. The molecule has 4 aromatic rings. The zero-order valence-electron chi connectivity index (χ0n) is 15.7. The summed E-state index contributed by atoms with van der Waals surface area (Å²) in [5.74, 6) is 0.922. The molecule has 5 rings (SSSR count). The standard InChI is InChI=1S/C20H19ClFN7/c1-12-10-28(8-7-24-12)17-6-5-15-20(26-17)29-11-23-9-16(29)19(25-15)27-18-13(21)3-2-4-14(18)22/h2-6,9,11-12,24H,7-8,10H2,1H3,(H,25,27)/t12-/m1/s1. The molecule has 0 spiro atoms. The topological polar surface area (TPSA) is 70.4 Å². The molecule has 7 nitrogen and oxygen atoms in total. The monoisotopic (exact) mass is 411 g/mol. The summed E-state index contributed by atoms with van der Waals surface area (Å²) >= 11 is 6.17. The van der Waals surface area contributed by atoms with Crippen molar-refractivity contribution < 1.29 is 4.39 Å². The van der Waals surface area contributed by atoms with Crippen LogP contribution in [-0.2, 0) is 0 Å². The van der Waals surface area contributed by atoms with E-state index in [1.165, 1.54) is 6.07 Å². The largest absolute Gasteiger partial charge is 0.354 e. The van der Waals surface area contributed by atoms with Gasteiger partial charge in [0.05, 0.1) is 16.9 Å². The van der Waals surface area contributed by atoms with Crippen LogP contribution >= 0.6 is 11.6 Å². The van der Waals surface area contributed by atoms with Crippen molar-refractivity contribution in [3.63, 3.8) is 0 Å². The molecule has 0 amide bonds. The van der Waals surface area contributed by atoms with Crippen LogP contribution in [0, 0.1) is 5.82 Å². The van der Waals surface area contributed by atoms with E-state index in [1.54, 1.807) is 24.7 Å². The van der Waals surface area contributed by atoms with E-state index in [2.05, 4.69) is 32.4 Å². The van der Waals surface area contributed by atoms with Gasteiger partial charge in [-0.3, -0.25) is 4.40 Å². The highest BCUT2D eigenvalue weighted by Crippen LogP contribution is 2.30. The number of nitrogens with zero attached hydrogens (tertiary/aromatic N) is 5. The quantitative estimate of drug-likeness (QED) is 0.536. The summed E-state index contributed by atoms with van der Waals surface area (Å²) < 4.78 is 16.1. The SMILES string of the molecule is C[C@@H]1CN(c2ccc3nc(Nc4c(F)cccc4Cl)c4cncn4c3n2)CCN1. The number of piperazine rings is 1. The number of rotatable bonds is 3. The fraction of sp³-hybridized carbons (Fsp3) is 0.250. The summed E-state index contributed by atoms with van der Waals surface area (Å²) in [6.07, 6.45) is 3.36. The Kier molecular flexibility index (Phi) is 4.44. The Hall–Kier alpha value is -2.97. The van der Waals surface area contributed by atoms with E-state index in [0.29, 0.717) is 28.5 Å². The number of benzene rings is 1. The van der Waals surface area contributed by atoms with Gasteiger partial charge in [0.2, 0.25) is 0 Å². The number of hydrogen-bond donors (Lipinski definition) is 2. The number of nitrogens with one attached hydrogen (secondary N) is 2. The predicted molar refractivity (Wildman–Crippen MR) is 113 cm³/mol. The van der Waals surface area contributed by atoms with E-state index in [0.717, 1.165) is 25.5 Å². The van der Waals surface area contributed by atoms with Gasteiger partial charge in [0, 0.05) is 25.7 Å². The lowest BCUT2D eigenvalue weighted by Gasteiger charge is -2.32. The van der Waals surface area contributed by atoms with Gasteiger partial charge >= 0.3 is 0 Å². The smallest absolute Gasteiger partial charge is 0.166 e. The van der Waals surface area contributed by atoms with Gasteiger partial charge in [-0.05, 0) is 31.2 Å². The molecule has 0 unspecified atom stereocenters. The Balaban J connectivity index is 1.60. The zero-order chi connectivity index (χ0) is 20.0. The van der Waals surface area contributed by atoms with Crippen LogP contribution in [0.15, 0.2) is 42.9 Å². The van der Waals surface area contributed by atoms with Gasteiger partial charge < -0.3 is 15.5 Å². The van der Waals surface area contributed by atoms with E-state index in [9.17, 15) is 4.39 Å². The predicted octanol–water partition coefficient (Wildman–Crippen LogP) is 3.61. The second-order valence-electron chi connectivity index (χ2n) is 7.14. The number of pyridine rings is 1. The summed E-state index contributed by atoms with van der Waals surface area (Å²) in [5, 5.41) is 6.74. The molecule has 1 aliphatic heterocycles. The van der Waals surface area contributed by atoms with Gasteiger partial charge in [-0.1, -0.05) is 17.7 Å². The van der Waals surface area contributed by atoms with Crippen LogP contribution in [0.4, 0.5) is 21.7 Å². The van der Waals surface area contributed by atoms with E-state index in [1.807, 2.05) is 16.5 Å². The third-order valence-corrected chi connectivity index (χ3v) is 5.40. The highest BCUT2D eigenvalue weighted by molar-refractivity contribution is 6.33. The molecule has 9 heteroatoms. The second-order valence-corrected chi connectivity index (χ2v) is 7.55. The molecule has 0 aliphatic carbocycles. The van der Waals surface area contributed by atoms with Crippen LogP contribution in [0.3, 0.4) is 0 Å². The van der Waals surface area contributed by atoms with Crippen molar-refractivity contribution in [3.8, 4) is 0 Å². The van der Waals surface area contributed by atoms with E-state index in [-0.39, 0.29) is 10.7 Å². The maximum absolute atomic E-state index is 14.2. The minimum atomic E-state index is -0.446. The molecular formula is C20H19ClFN7. The summed E-state index contributed by atoms with van der Waals surface area (Å²) in [5.41, 5.74) is 2.25. The fourth-order valence-electron chi connectivity index (χ4n) is 3.66. The van der Waals surface area contributed by atoms with Crippen molar-refractivity contribution in [3.05, 3.63) is 53.7 Å². The van der Waals surface area contributed by atoms with Crippen LogP contribution < -0.4 is 15.5 Å². The minimum Gasteiger partial charge on any atom is -0.354 e. The van der Waals surface area contributed by atoms with Crippen molar-refractivity contribution in [2.45, 2.75) is 13.0 Å². The molecule has 0 bridgehead atoms. The first kappa shape index (κ1) is 18.1. The lowest BCUT2D eigenvalue weighted by Crippen LogP contribution is -2.49. The molecule has 29 heavy (non-hydrogen) atoms. The van der Waals surface area contributed by atoms with Crippen molar-refractivity contribution in [1.29, 1.82) is 0 Å². The number of aromatic nitrogens is 4. The average molecular weight is 412 g/mol. The molecule has 1 atom stereocenters. The van der Waals surface area contributed by atoms with Crippen LogP contribution in [0.25, 0.3) is 16.7 Å². The number of fused-ring (bicyclic) bond motifs is 3. The summed E-state index contributed by atoms with van der Waals surface area (Å²) in [6.45, 7) is 4.87. The Morgan fingerprint density at radius 2 is 2.14 bits per heavy atom. The maximum atomic E-state index is 14.2. The normalized spacial score (nSPS) is 17.2. The molecule has 0 saturated carbocycles. The first-order valence-electron chi connectivity index (χ1n) is 9.42. The van der Waals surface area contributed by atoms with Gasteiger partial charge in [-0.25, -0.2) is 19.3 Å². The van der Waals surface area contributed by atoms with Gasteiger partial charge in [-0.2, -0.15) is 0 Å². The average Bonchev–Trinajstić information content (AvgIpc) is 3.21. The summed E-state index contributed by atoms with van der Waals surface area (Å²) in [6, 6.07) is 8.85. The lowest BCUT2D eigenvalue weighted by atomic mass is 10.2. The number of imidazole rings is 1. The molecule has 148 valence electrons. The van der Waals surface area contributed by atoms with E-state index in [4.69, 9.17) is 16.6 Å². The third kappa shape index (κ3) is 3.24. The van der Waals surface area contributed by atoms with Crippen LogP contribution in [-0.4, -0.2) is 45.0 Å². The minimum absolute atomic E-state index is 0.184. The zero-order valence-corrected chi connectivity index (χ0v) is 16.5. The maximum Gasteiger partial charge on any atom is 0.166 e. The Morgan fingerprint density at radius 1 is 1.24 bits per heavy atom. The summed E-state index contributed by atoms with van der Waals surface area (Å²) in [4.78, 5) is 16.0. The first-order valence-corrected chi connectivity index (χ1v) is 9.80. The number of para-hydroxylation sites is 1. The van der Waals surface area contributed by atoms with Crippen LogP contribution in [0.2, 0.25) is 5.02 Å². The van der Waals surface area contributed by atoms with E-state index >= 15 is 0 Å². The van der Waals surface area contributed by atoms with Gasteiger partial charge in [0.25, 0.3) is 0 Å². The van der Waals surface area contributed by atoms with E-state index < -0.39 is 5.82 Å². The molecule has 4 heterocycles. The van der Waals surface area contributed by atoms with Gasteiger partial charge in [-0.15, -0.1) is 0 Å². The molecule has 1 aromatic carbocycles. The number of halogens is 2. The van der Waals surface area contributed by atoms with Crippen LogP contribution in [0.5, 0.6) is 0 Å². The molecule has 3 aromatic heterocycles. The first-order chi connectivity index (χ1) is 14.1. The fourth-order valence-corrected chi connectivity index (χ4v) is 3.87. The van der Waals surface area contributed by atoms with Gasteiger partial charge in [0.15, 0.2) is 11.5 Å². The molecule has 1 aliphatic rings. The van der Waals surface area contributed by atoms with Crippen molar-refractivity contribution in [2.75, 3.05) is 29.9 Å². The molecule has 1 fully saturated rings. The summed E-state index contributed by atoms with van der Waals surface area (Å²) in [7, 11) is 0. The van der Waals surface area contributed by atoms with Crippen LogP contribution in [0.1, 0.15) is 6.92 Å². The lowest BCUT2D eigenvalue weighted by molar-refractivity contribution is 0.482. The molecule has 1 saturated heterocycles. The Morgan fingerprint density at radius 3 is 2.97 bits per heavy atom. The van der Waals surface area contributed by atoms with Crippen molar-refractivity contribution in [2.24, 2.45) is 0 Å². The molecule has 0 radical (unpaired) electrons. The highest BCUT2D eigenvalue weighted by atomic mass is 35.5. The van der Waals surface area contributed by atoms with Crippen molar-refractivity contribution in [1.82, 2.24) is 24.7 Å².